The molecule has 0 aromatic heterocycles. The van der Waals surface area contributed by atoms with Crippen LogP contribution in [0.2, 0.25) is 0 Å². The second-order valence-corrected chi connectivity index (χ2v) is 3.99. The van der Waals surface area contributed by atoms with Gasteiger partial charge in [-0.1, -0.05) is 6.92 Å². The molecule has 1 aliphatic heterocycles. The lowest BCUT2D eigenvalue weighted by atomic mass is 10.1. The Kier molecular flexibility index (Phi) is 5.37. The van der Waals surface area contributed by atoms with Crippen molar-refractivity contribution in [3.8, 4) is 0 Å². The van der Waals surface area contributed by atoms with Crippen LogP contribution < -0.4 is 0 Å². The first kappa shape index (κ1) is 13.9. The van der Waals surface area contributed by atoms with E-state index in [2.05, 4.69) is 0 Å². The van der Waals surface area contributed by atoms with Gasteiger partial charge < -0.3 is 19.5 Å². The zero-order valence-corrected chi connectivity index (χ0v) is 10.2. The minimum atomic E-state index is -0.927. The Bertz CT molecular complexity index is 277. The van der Waals surface area contributed by atoms with E-state index in [9.17, 15) is 9.59 Å². The molecule has 6 nitrogen and oxygen atoms in total. The van der Waals surface area contributed by atoms with Crippen molar-refractivity contribution in [1.29, 1.82) is 0 Å². The molecule has 1 aliphatic rings. The number of carboxylic acid groups (broad SMARTS) is 1. The molecule has 1 rings (SSSR count). The van der Waals surface area contributed by atoms with Crippen LogP contribution in [0.15, 0.2) is 0 Å². The van der Waals surface area contributed by atoms with Crippen LogP contribution in [0.1, 0.15) is 19.8 Å². The van der Waals surface area contributed by atoms with Crippen LogP contribution >= 0.6 is 0 Å². The van der Waals surface area contributed by atoms with E-state index in [0.29, 0.717) is 19.6 Å². The Morgan fingerprint density at radius 1 is 1.59 bits per heavy atom. The number of methoxy groups -OCH3 is 1. The molecule has 17 heavy (non-hydrogen) atoms. The summed E-state index contributed by atoms with van der Waals surface area (Å²) >= 11 is 0. The molecule has 0 radical (unpaired) electrons. The van der Waals surface area contributed by atoms with Gasteiger partial charge in [0.25, 0.3) is 5.91 Å². The third-order valence-electron chi connectivity index (χ3n) is 2.85. The van der Waals surface area contributed by atoms with E-state index in [1.165, 1.54) is 7.11 Å². The van der Waals surface area contributed by atoms with Crippen LogP contribution in [0.3, 0.4) is 0 Å². The van der Waals surface area contributed by atoms with Crippen molar-refractivity contribution in [2.24, 2.45) is 0 Å². The van der Waals surface area contributed by atoms with Gasteiger partial charge in [0, 0.05) is 13.7 Å². The number of carboxylic acids is 1. The maximum Gasteiger partial charge on any atom is 0.305 e. The zero-order chi connectivity index (χ0) is 12.8. The van der Waals surface area contributed by atoms with Gasteiger partial charge >= 0.3 is 5.97 Å². The van der Waals surface area contributed by atoms with Crippen molar-refractivity contribution in [2.45, 2.75) is 31.9 Å². The highest BCUT2D eigenvalue weighted by molar-refractivity contribution is 5.82. The van der Waals surface area contributed by atoms with Crippen LogP contribution in [0, 0.1) is 0 Å². The largest absolute Gasteiger partial charge is 0.481 e. The molecule has 98 valence electrons. The molecule has 1 amide bonds. The third kappa shape index (κ3) is 3.67. The number of morpholine rings is 1. The highest BCUT2D eigenvalue weighted by Gasteiger charge is 2.32. The summed E-state index contributed by atoms with van der Waals surface area (Å²) in [6.45, 7) is 3.01. The number of ether oxygens (including phenoxy) is 2. The summed E-state index contributed by atoms with van der Waals surface area (Å²) in [6, 6.07) is -0.391. The van der Waals surface area contributed by atoms with Gasteiger partial charge in [0.05, 0.1) is 25.7 Å². The van der Waals surface area contributed by atoms with Crippen molar-refractivity contribution in [2.75, 3.05) is 26.9 Å². The van der Waals surface area contributed by atoms with Gasteiger partial charge in [-0.15, -0.1) is 0 Å². The molecule has 1 saturated heterocycles. The Morgan fingerprint density at radius 3 is 2.82 bits per heavy atom. The number of aliphatic carboxylic acids is 1. The van der Waals surface area contributed by atoms with Crippen LogP contribution in [0.25, 0.3) is 0 Å². The lowest BCUT2D eigenvalue weighted by molar-refractivity contribution is -0.153. The molecule has 0 aromatic carbocycles. The first-order chi connectivity index (χ1) is 8.10. The summed E-state index contributed by atoms with van der Waals surface area (Å²) in [6.07, 6.45) is -0.0114. The second kappa shape index (κ2) is 6.56. The molecular formula is C11H19NO5. The number of hydrogen-bond donors (Lipinski definition) is 1. The normalized spacial score (nSPS) is 22.2. The highest BCUT2D eigenvalue weighted by Crippen LogP contribution is 2.14. The molecule has 0 saturated carbocycles. The average molecular weight is 245 g/mol. The molecule has 0 aromatic rings. The Morgan fingerprint density at radius 2 is 2.29 bits per heavy atom. The van der Waals surface area contributed by atoms with Gasteiger partial charge in [-0.2, -0.15) is 0 Å². The van der Waals surface area contributed by atoms with Crippen molar-refractivity contribution in [3.05, 3.63) is 0 Å². The molecule has 1 N–H and O–H groups in total. The quantitative estimate of drug-likeness (QED) is 0.744. The third-order valence-corrected chi connectivity index (χ3v) is 2.85. The molecule has 1 fully saturated rings. The molecule has 0 spiro atoms. The maximum absolute atomic E-state index is 12.1. The lowest BCUT2D eigenvalue weighted by Gasteiger charge is -2.36. The summed E-state index contributed by atoms with van der Waals surface area (Å²) < 4.78 is 10.3. The first-order valence-corrected chi connectivity index (χ1v) is 5.73. The fourth-order valence-corrected chi connectivity index (χ4v) is 1.94. The molecule has 0 unspecified atom stereocenters. The predicted octanol–water partition coefficient (Wildman–Crippen LogP) is 0.114. The number of carbonyl (C=O) groups is 2. The topological polar surface area (TPSA) is 76.1 Å². The van der Waals surface area contributed by atoms with Crippen LogP contribution in [0.5, 0.6) is 0 Å². The monoisotopic (exact) mass is 245 g/mol. The van der Waals surface area contributed by atoms with E-state index in [1.807, 2.05) is 6.92 Å². The summed E-state index contributed by atoms with van der Waals surface area (Å²) in [5.41, 5.74) is 0. The maximum atomic E-state index is 12.1. The van der Waals surface area contributed by atoms with E-state index < -0.39 is 18.1 Å². The number of carbonyl (C=O) groups excluding carboxylic acids is 1. The number of rotatable bonds is 5. The SMILES string of the molecule is CC[C@H](OC)C(=O)N1CCOC[C@H]1CC(=O)O. The minimum Gasteiger partial charge on any atom is -0.481 e. The fraction of sp³-hybridized carbons (Fsp3) is 0.818. The van der Waals surface area contributed by atoms with Crippen LogP contribution in [-0.2, 0) is 19.1 Å². The van der Waals surface area contributed by atoms with E-state index >= 15 is 0 Å². The van der Waals surface area contributed by atoms with E-state index in [1.54, 1.807) is 4.90 Å². The van der Waals surface area contributed by atoms with Crippen molar-refractivity contribution >= 4 is 11.9 Å². The highest BCUT2D eigenvalue weighted by atomic mass is 16.5. The van der Waals surface area contributed by atoms with Crippen molar-refractivity contribution in [3.63, 3.8) is 0 Å². The molecule has 0 aliphatic carbocycles. The Balaban J connectivity index is 2.69. The number of amides is 1. The average Bonchev–Trinajstić information content (AvgIpc) is 2.30. The summed E-state index contributed by atoms with van der Waals surface area (Å²) in [4.78, 5) is 24.4. The second-order valence-electron chi connectivity index (χ2n) is 3.99. The van der Waals surface area contributed by atoms with E-state index in [0.717, 1.165) is 0 Å². The Hall–Kier alpha value is -1.14. The molecule has 0 bridgehead atoms. The number of nitrogens with zero attached hydrogens (tertiary/aromatic N) is 1. The summed E-state index contributed by atoms with van der Waals surface area (Å²) in [7, 11) is 1.48. The number of hydrogen-bond acceptors (Lipinski definition) is 4. The predicted molar refractivity (Wildman–Crippen MR) is 59.7 cm³/mol. The first-order valence-electron chi connectivity index (χ1n) is 5.73. The van der Waals surface area contributed by atoms with E-state index in [4.69, 9.17) is 14.6 Å². The molecule has 6 heteroatoms. The van der Waals surface area contributed by atoms with Crippen LogP contribution in [-0.4, -0.2) is 60.9 Å². The van der Waals surface area contributed by atoms with Crippen molar-refractivity contribution < 1.29 is 24.2 Å². The Labute approximate surface area is 100 Å². The fourth-order valence-electron chi connectivity index (χ4n) is 1.94. The lowest BCUT2D eigenvalue weighted by Crippen LogP contribution is -2.53. The zero-order valence-electron chi connectivity index (χ0n) is 10.2. The van der Waals surface area contributed by atoms with Crippen molar-refractivity contribution in [1.82, 2.24) is 4.90 Å². The molecule has 1 heterocycles. The summed E-state index contributed by atoms with van der Waals surface area (Å²) in [5.74, 6) is -1.08. The van der Waals surface area contributed by atoms with Gasteiger partial charge in [0.1, 0.15) is 6.10 Å². The van der Waals surface area contributed by atoms with Gasteiger partial charge in [-0.25, -0.2) is 0 Å². The summed E-state index contributed by atoms with van der Waals surface area (Å²) in [5, 5.41) is 8.79. The van der Waals surface area contributed by atoms with Gasteiger partial charge in [-0.05, 0) is 6.42 Å². The van der Waals surface area contributed by atoms with Crippen LogP contribution in [0.4, 0.5) is 0 Å². The molecular weight excluding hydrogens is 226 g/mol. The van der Waals surface area contributed by atoms with Gasteiger partial charge in [0.2, 0.25) is 0 Å². The van der Waals surface area contributed by atoms with E-state index in [-0.39, 0.29) is 18.9 Å². The standard InChI is InChI=1S/C11H19NO5/c1-3-9(16-2)11(15)12-4-5-17-7-8(12)6-10(13)14/h8-9H,3-7H2,1-2H3,(H,13,14)/t8-,9+/m1/s1. The van der Waals surface area contributed by atoms with Gasteiger partial charge in [-0.3, -0.25) is 9.59 Å². The van der Waals surface area contributed by atoms with Gasteiger partial charge in [0.15, 0.2) is 0 Å². The minimum absolute atomic E-state index is 0.0914. The smallest absolute Gasteiger partial charge is 0.305 e. The molecule has 2 atom stereocenters.